The summed E-state index contributed by atoms with van der Waals surface area (Å²) in [5, 5.41) is 0. The summed E-state index contributed by atoms with van der Waals surface area (Å²) in [6.07, 6.45) is 0. The molecule has 0 aromatic heterocycles. The molecule has 0 atom stereocenters. The van der Waals surface area contributed by atoms with E-state index in [-0.39, 0.29) is 24.8 Å². The van der Waals surface area contributed by atoms with Crippen LogP contribution in [-0.4, -0.2) is 75.8 Å². The Balaban J connectivity index is -0.000000845. The van der Waals surface area contributed by atoms with Crippen molar-refractivity contribution >= 4 is 21.6 Å². The number of hydrogen-bond donors (Lipinski definition) is 0. The normalized spacial score (nSPS) is 11.6. The van der Waals surface area contributed by atoms with Crippen LogP contribution in [0.1, 0.15) is 0 Å². The van der Waals surface area contributed by atoms with Gasteiger partial charge in [0.1, 0.15) is 0 Å². The maximum Gasteiger partial charge on any atom is 0.0880 e. The van der Waals surface area contributed by atoms with Crippen LogP contribution in [0.2, 0.25) is 0 Å². The van der Waals surface area contributed by atoms with E-state index in [4.69, 9.17) is 0 Å². The Morgan fingerprint density at radius 1 is 0.625 bits per heavy atom. The van der Waals surface area contributed by atoms with E-state index in [0.717, 1.165) is 8.97 Å². The molecule has 6 heteroatoms. The van der Waals surface area contributed by atoms with E-state index >= 15 is 0 Å². The first kappa shape index (κ1) is 22.4. The van der Waals surface area contributed by atoms with Crippen molar-refractivity contribution in [2.24, 2.45) is 0 Å². The summed E-state index contributed by atoms with van der Waals surface area (Å²) in [4.78, 5) is 0. The first-order valence-electron chi connectivity index (χ1n) is 5.06. The molecule has 0 fully saturated rings. The molecular formula is C10H26Cl2N2S2. The van der Waals surface area contributed by atoms with Crippen molar-refractivity contribution in [1.82, 2.24) is 0 Å². The Labute approximate surface area is 122 Å². The van der Waals surface area contributed by atoms with Crippen molar-refractivity contribution in [3.8, 4) is 0 Å². The van der Waals surface area contributed by atoms with Crippen LogP contribution in [0.25, 0.3) is 0 Å². The van der Waals surface area contributed by atoms with Gasteiger partial charge in [0.15, 0.2) is 0 Å². The summed E-state index contributed by atoms with van der Waals surface area (Å²) in [7, 11) is 17.5. The molecular weight excluding hydrogens is 283 g/mol. The third-order valence-electron chi connectivity index (χ3n) is 1.77. The number of quaternary nitrogens is 2. The van der Waals surface area contributed by atoms with Gasteiger partial charge in [0.2, 0.25) is 0 Å². The van der Waals surface area contributed by atoms with Gasteiger partial charge in [-0.1, -0.05) is 21.6 Å². The van der Waals surface area contributed by atoms with Gasteiger partial charge in [-0.15, -0.1) is 0 Å². The van der Waals surface area contributed by atoms with Crippen LogP contribution < -0.4 is 24.8 Å². The highest BCUT2D eigenvalue weighted by atomic mass is 35.5. The molecule has 0 N–H and O–H groups in total. The zero-order valence-corrected chi connectivity index (χ0v) is 14.4. The Morgan fingerprint density at radius 3 is 1.06 bits per heavy atom. The molecule has 0 saturated carbocycles. The molecule has 0 aliphatic rings. The van der Waals surface area contributed by atoms with Crippen molar-refractivity contribution < 1.29 is 33.8 Å². The number of nitrogens with zero attached hydrogens (tertiary/aromatic N) is 2. The molecule has 0 aliphatic carbocycles. The lowest BCUT2D eigenvalue weighted by Gasteiger charge is -2.24. The maximum atomic E-state index is 2.25. The summed E-state index contributed by atoms with van der Waals surface area (Å²) >= 11 is 0. The van der Waals surface area contributed by atoms with Crippen LogP contribution in [0.5, 0.6) is 0 Å². The minimum absolute atomic E-state index is 0. The van der Waals surface area contributed by atoms with Gasteiger partial charge in [-0.05, 0) is 0 Å². The van der Waals surface area contributed by atoms with Crippen molar-refractivity contribution in [3.05, 3.63) is 0 Å². The standard InChI is InChI=1S/C10H26N2S2.2ClH/c1-11(2,3)7-9-13-14-10-8-12(4,5)6;;/h7-10H2,1-6H3;2*1H/q+2;;/p-2. The Kier molecular flexibility index (Phi) is 14.2. The smallest absolute Gasteiger partial charge is 0.0880 e. The van der Waals surface area contributed by atoms with Crippen molar-refractivity contribution in [1.29, 1.82) is 0 Å². The monoisotopic (exact) mass is 308 g/mol. The van der Waals surface area contributed by atoms with Crippen molar-refractivity contribution in [2.75, 3.05) is 66.9 Å². The molecule has 0 rings (SSSR count). The fourth-order valence-electron chi connectivity index (χ4n) is 0.740. The highest BCUT2D eigenvalue weighted by Crippen LogP contribution is 2.21. The van der Waals surface area contributed by atoms with E-state index in [0.29, 0.717) is 0 Å². The number of rotatable bonds is 7. The largest absolute Gasteiger partial charge is 1.00 e. The zero-order chi connectivity index (χ0) is 11.2. The van der Waals surface area contributed by atoms with Gasteiger partial charge in [0.25, 0.3) is 0 Å². The van der Waals surface area contributed by atoms with Gasteiger partial charge >= 0.3 is 0 Å². The molecule has 102 valence electrons. The second-order valence-corrected chi connectivity index (χ2v) is 8.37. The Bertz CT molecular complexity index is 138. The number of halogens is 2. The number of hydrogen-bond acceptors (Lipinski definition) is 2. The molecule has 16 heavy (non-hydrogen) atoms. The molecule has 2 nitrogen and oxygen atoms in total. The van der Waals surface area contributed by atoms with Crippen LogP contribution in [0.3, 0.4) is 0 Å². The summed E-state index contributed by atoms with van der Waals surface area (Å²) in [5.41, 5.74) is 0. The first-order chi connectivity index (χ1) is 6.21. The SMILES string of the molecule is C[N+](C)(C)CCSSCC[N+](C)(C)C.[Cl-].[Cl-]. The molecule has 0 bridgehead atoms. The second kappa shape index (κ2) is 10.2. The fourth-order valence-corrected chi connectivity index (χ4v) is 3.37. The zero-order valence-electron chi connectivity index (χ0n) is 11.3. The van der Waals surface area contributed by atoms with Gasteiger partial charge < -0.3 is 33.8 Å². The van der Waals surface area contributed by atoms with Crippen LogP contribution in [0.4, 0.5) is 0 Å². The summed E-state index contributed by atoms with van der Waals surface area (Å²) in [5.74, 6) is 2.51. The average molecular weight is 309 g/mol. The molecule has 0 aromatic carbocycles. The quantitative estimate of drug-likeness (QED) is 0.266. The summed E-state index contributed by atoms with van der Waals surface area (Å²) < 4.78 is 2.14. The van der Waals surface area contributed by atoms with Gasteiger partial charge in [0, 0.05) is 0 Å². The van der Waals surface area contributed by atoms with Crippen LogP contribution in [-0.2, 0) is 0 Å². The second-order valence-electron chi connectivity index (χ2n) is 5.67. The van der Waals surface area contributed by atoms with Gasteiger partial charge in [-0.25, -0.2) is 0 Å². The fraction of sp³-hybridized carbons (Fsp3) is 1.00. The van der Waals surface area contributed by atoms with E-state index in [1.54, 1.807) is 0 Å². The van der Waals surface area contributed by atoms with Gasteiger partial charge in [-0.2, -0.15) is 0 Å². The van der Waals surface area contributed by atoms with Crippen LogP contribution in [0, 0.1) is 0 Å². The lowest BCUT2D eigenvalue weighted by Crippen LogP contribution is -3.00. The van der Waals surface area contributed by atoms with Crippen LogP contribution >= 0.6 is 21.6 Å². The minimum atomic E-state index is 0. The Hall–Kier alpha value is 1.20. The highest BCUT2D eigenvalue weighted by molar-refractivity contribution is 8.76. The van der Waals surface area contributed by atoms with Crippen LogP contribution in [0.15, 0.2) is 0 Å². The molecule has 0 amide bonds. The molecule has 0 unspecified atom stereocenters. The molecule has 0 radical (unpaired) electrons. The van der Waals surface area contributed by atoms with E-state index in [1.807, 2.05) is 21.6 Å². The third-order valence-corrected chi connectivity index (χ3v) is 4.14. The summed E-state index contributed by atoms with van der Waals surface area (Å²) in [6.45, 7) is 2.50. The first-order valence-corrected chi connectivity index (χ1v) is 7.55. The predicted octanol–water partition coefficient (Wildman–Crippen LogP) is -4.21. The topological polar surface area (TPSA) is 0 Å². The highest BCUT2D eigenvalue weighted by Gasteiger charge is 2.08. The van der Waals surface area contributed by atoms with E-state index < -0.39 is 0 Å². The molecule has 0 spiro atoms. The molecule has 0 saturated heterocycles. The van der Waals surface area contributed by atoms with Gasteiger partial charge in [0.05, 0.1) is 66.9 Å². The molecule has 0 heterocycles. The van der Waals surface area contributed by atoms with E-state index in [2.05, 4.69) is 42.3 Å². The maximum absolute atomic E-state index is 2.25. The minimum Gasteiger partial charge on any atom is -1.00 e. The third kappa shape index (κ3) is 20.6. The lowest BCUT2D eigenvalue weighted by molar-refractivity contribution is -0.867. The average Bonchev–Trinajstić information content (AvgIpc) is 1.92. The Morgan fingerprint density at radius 2 is 0.875 bits per heavy atom. The van der Waals surface area contributed by atoms with Crippen molar-refractivity contribution in [3.63, 3.8) is 0 Å². The lowest BCUT2D eigenvalue weighted by atomic mass is 10.6. The van der Waals surface area contributed by atoms with Gasteiger partial charge in [-0.3, -0.25) is 0 Å². The van der Waals surface area contributed by atoms with E-state index in [9.17, 15) is 0 Å². The van der Waals surface area contributed by atoms with E-state index in [1.165, 1.54) is 24.6 Å². The molecule has 0 aliphatic heterocycles. The van der Waals surface area contributed by atoms with Crippen molar-refractivity contribution in [2.45, 2.75) is 0 Å². The summed E-state index contributed by atoms with van der Waals surface area (Å²) in [6, 6.07) is 0. The molecule has 0 aromatic rings. The predicted molar refractivity (Wildman–Crippen MR) is 70.7 cm³/mol.